The second-order valence-electron chi connectivity index (χ2n) is 7.03. The average Bonchev–Trinajstić information content (AvgIpc) is 2.78. The van der Waals surface area contributed by atoms with Crippen molar-refractivity contribution in [2.75, 3.05) is 19.7 Å². The zero-order valence-electron chi connectivity index (χ0n) is 13.7. The summed E-state index contributed by atoms with van der Waals surface area (Å²) in [5, 5.41) is 12.6. The lowest BCUT2D eigenvalue weighted by Gasteiger charge is -2.36. The molecule has 0 radical (unpaired) electrons. The molecule has 6 heteroatoms. The second kappa shape index (κ2) is 6.64. The number of amides is 2. The van der Waals surface area contributed by atoms with Crippen molar-refractivity contribution >= 4 is 12.0 Å². The fourth-order valence-corrected chi connectivity index (χ4v) is 2.40. The van der Waals surface area contributed by atoms with Gasteiger partial charge in [0.1, 0.15) is 11.1 Å². The number of aliphatic hydroxyl groups excluding tert-OH is 1. The van der Waals surface area contributed by atoms with E-state index in [1.165, 1.54) is 4.90 Å². The number of nitrogens with one attached hydrogen (secondary N) is 1. The van der Waals surface area contributed by atoms with Crippen LogP contribution < -0.4 is 5.32 Å². The minimum absolute atomic E-state index is 0.304. The van der Waals surface area contributed by atoms with E-state index in [1.54, 1.807) is 20.8 Å². The van der Waals surface area contributed by atoms with Gasteiger partial charge in [-0.05, 0) is 39.5 Å². The van der Waals surface area contributed by atoms with E-state index < -0.39 is 23.8 Å². The van der Waals surface area contributed by atoms with Gasteiger partial charge >= 0.3 is 6.09 Å². The normalized spacial score (nSPS) is 22.5. The molecule has 0 bridgehead atoms. The number of nitrogens with zero attached hydrogens (tertiary/aromatic N) is 1. The van der Waals surface area contributed by atoms with E-state index in [9.17, 15) is 14.7 Å². The van der Waals surface area contributed by atoms with Gasteiger partial charge in [0.15, 0.2) is 0 Å². The quantitative estimate of drug-likeness (QED) is 0.825. The summed E-state index contributed by atoms with van der Waals surface area (Å²) in [6, 6.07) is 0. The Morgan fingerprint density at radius 2 is 2.00 bits per heavy atom. The lowest BCUT2D eigenvalue weighted by Crippen LogP contribution is -2.60. The Bertz CT molecular complexity index is 390. The van der Waals surface area contributed by atoms with Gasteiger partial charge in [0.2, 0.25) is 5.91 Å². The molecule has 21 heavy (non-hydrogen) atoms. The number of hydrogen-bond donors (Lipinski definition) is 2. The molecule has 1 aliphatic rings. The highest BCUT2D eigenvalue weighted by Gasteiger charge is 2.50. The first-order valence-electron chi connectivity index (χ1n) is 7.52. The largest absolute Gasteiger partial charge is 0.444 e. The van der Waals surface area contributed by atoms with Crippen LogP contribution >= 0.6 is 0 Å². The SMILES string of the molecule is CC(C)CNC(=O)C1(CO)CCCN1C(=O)OC(C)(C)C. The molecule has 2 N–H and O–H groups in total. The Morgan fingerprint density at radius 3 is 2.48 bits per heavy atom. The van der Waals surface area contributed by atoms with Crippen LogP contribution in [-0.4, -0.2) is 52.8 Å². The third-order valence-corrected chi connectivity index (χ3v) is 3.46. The molecule has 1 heterocycles. The van der Waals surface area contributed by atoms with Crippen LogP contribution in [0.3, 0.4) is 0 Å². The first-order valence-corrected chi connectivity index (χ1v) is 7.52. The molecule has 1 fully saturated rings. The van der Waals surface area contributed by atoms with E-state index >= 15 is 0 Å². The molecular formula is C15H28N2O4. The van der Waals surface area contributed by atoms with E-state index in [2.05, 4.69) is 5.32 Å². The molecule has 0 aromatic rings. The summed E-state index contributed by atoms with van der Waals surface area (Å²) in [7, 11) is 0. The summed E-state index contributed by atoms with van der Waals surface area (Å²) in [6.07, 6.45) is 0.579. The molecular weight excluding hydrogens is 272 g/mol. The van der Waals surface area contributed by atoms with E-state index in [1.807, 2.05) is 13.8 Å². The number of likely N-dealkylation sites (tertiary alicyclic amines) is 1. The lowest BCUT2D eigenvalue weighted by molar-refractivity contribution is -0.134. The number of aliphatic hydroxyl groups is 1. The molecule has 122 valence electrons. The van der Waals surface area contributed by atoms with Crippen molar-refractivity contribution in [2.45, 2.75) is 58.6 Å². The zero-order valence-corrected chi connectivity index (χ0v) is 13.7. The van der Waals surface area contributed by atoms with E-state index in [0.29, 0.717) is 31.8 Å². The van der Waals surface area contributed by atoms with Crippen LogP contribution in [0.4, 0.5) is 4.79 Å². The van der Waals surface area contributed by atoms with Crippen molar-refractivity contribution in [1.29, 1.82) is 0 Å². The summed E-state index contributed by atoms with van der Waals surface area (Å²) in [5.41, 5.74) is -1.83. The van der Waals surface area contributed by atoms with Crippen LogP contribution in [0.1, 0.15) is 47.5 Å². The van der Waals surface area contributed by atoms with Crippen molar-refractivity contribution in [3.8, 4) is 0 Å². The molecule has 1 aliphatic heterocycles. The number of ether oxygens (including phenoxy) is 1. The molecule has 0 aliphatic carbocycles. The third-order valence-electron chi connectivity index (χ3n) is 3.46. The highest BCUT2D eigenvalue weighted by atomic mass is 16.6. The van der Waals surface area contributed by atoms with E-state index in [0.717, 1.165) is 0 Å². The number of rotatable bonds is 4. The Morgan fingerprint density at radius 1 is 1.38 bits per heavy atom. The van der Waals surface area contributed by atoms with Crippen LogP contribution in [0.15, 0.2) is 0 Å². The second-order valence-corrected chi connectivity index (χ2v) is 7.03. The molecule has 1 unspecified atom stereocenters. The average molecular weight is 300 g/mol. The smallest absolute Gasteiger partial charge is 0.411 e. The van der Waals surface area contributed by atoms with Gasteiger partial charge in [-0.15, -0.1) is 0 Å². The Hall–Kier alpha value is -1.30. The highest BCUT2D eigenvalue weighted by molar-refractivity contribution is 5.90. The van der Waals surface area contributed by atoms with Gasteiger partial charge in [-0.1, -0.05) is 13.8 Å². The molecule has 0 aromatic carbocycles. The maximum Gasteiger partial charge on any atom is 0.411 e. The number of carbonyl (C=O) groups is 2. The van der Waals surface area contributed by atoms with Crippen LogP contribution in [0.5, 0.6) is 0 Å². The molecule has 1 atom stereocenters. The monoisotopic (exact) mass is 300 g/mol. The first kappa shape index (κ1) is 17.8. The first-order chi connectivity index (χ1) is 9.62. The van der Waals surface area contributed by atoms with Gasteiger partial charge < -0.3 is 15.2 Å². The van der Waals surface area contributed by atoms with Gasteiger partial charge in [-0.2, -0.15) is 0 Å². The van der Waals surface area contributed by atoms with Gasteiger partial charge in [0, 0.05) is 13.1 Å². The molecule has 1 rings (SSSR count). The highest BCUT2D eigenvalue weighted by Crippen LogP contribution is 2.31. The maximum atomic E-state index is 12.5. The zero-order chi connectivity index (χ0) is 16.3. The van der Waals surface area contributed by atoms with Gasteiger partial charge in [0.05, 0.1) is 6.61 Å². The van der Waals surface area contributed by atoms with Crippen LogP contribution in [0.25, 0.3) is 0 Å². The minimum Gasteiger partial charge on any atom is -0.444 e. The van der Waals surface area contributed by atoms with Gasteiger partial charge in [-0.25, -0.2) is 4.79 Å². The fourth-order valence-electron chi connectivity index (χ4n) is 2.40. The summed E-state index contributed by atoms with van der Waals surface area (Å²) in [5.74, 6) is 0.00290. The molecule has 1 saturated heterocycles. The van der Waals surface area contributed by atoms with Crippen molar-refractivity contribution in [3.05, 3.63) is 0 Å². The predicted octanol–water partition coefficient (Wildman–Crippen LogP) is 1.52. The fraction of sp³-hybridized carbons (Fsp3) is 0.867. The molecule has 0 saturated carbocycles. The van der Waals surface area contributed by atoms with E-state index in [4.69, 9.17) is 4.74 Å². The summed E-state index contributed by atoms with van der Waals surface area (Å²) in [6.45, 7) is 9.86. The summed E-state index contributed by atoms with van der Waals surface area (Å²) < 4.78 is 5.35. The lowest BCUT2D eigenvalue weighted by atomic mass is 9.96. The Kier molecular flexibility index (Phi) is 5.61. The van der Waals surface area contributed by atoms with Crippen molar-refractivity contribution < 1.29 is 19.4 Å². The molecule has 0 aromatic heterocycles. The number of hydrogen-bond acceptors (Lipinski definition) is 4. The van der Waals surface area contributed by atoms with Gasteiger partial charge in [0.25, 0.3) is 0 Å². The molecule has 2 amide bonds. The van der Waals surface area contributed by atoms with Gasteiger partial charge in [-0.3, -0.25) is 9.69 Å². The minimum atomic E-state index is -1.20. The van der Waals surface area contributed by atoms with Crippen LogP contribution in [0.2, 0.25) is 0 Å². The maximum absolute atomic E-state index is 12.5. The Balaban J connectivity index is 2.87. The molecule has 0 spiro atoms. The van der Waals surface area contributed by atoms with Crippen molar-refractivity contribution in [2.24, 2.45) is 5.92 Å². The summed E-state index contributed by atoms with van der Waals surface area (Å²) >= 11 is 0. The topological polar surface area (TPSA) is 78.9 Å². The van der Waals surface area contributed by atoms with Crippen LogP contribution in [0, 0.1) is 5.92 Å². The van der Waals surface area contributed by atoms with Crippen molar-refractivity contribution in [1.82, 2.24) is 10.2 Å². The summed E-state index contributed by atoms with van der Waals surface area (Å²) in [4.78, 5) is 26.1. The van der Waals surface area contributed by atoms with Crippen molar-refractivity contribution in [3.63, 3.8) is 0 Å². The third kappa shape index (κ3) is 4.33. The Labute approximate surface area is 126 Å². The number of carbonyl (C=O) groups excluding carboxylic acids is 2. The standard InChI is InChI=1S/C15H28N2O4/c1-11(2)9-16-12(19)15(10-18)7-6-8-17(15)13(20)21-14(3,4)5/h11,18H,6-10H2,1-5H3,(H,16,19). The molecule has 6 nitrogen and oxygen atoms in total. The predicted molar refractivity (Wildman–Crippen MR) is 79.8 cm³/mol. The van der Waals surface area contributed by atoms with Crippen LogP contribution in [-0.2, 0) is 9.53 Å². The van der Waals surface area contributed by atoms with E-state index in [-0.39, 0.29) is 5.91 Å².